The third-order valence-electron chi connectivity index (χ3n) is 4.32. The number of nitrogens with one attached hydrogen (secondary N) is 1. The zero-order valence-corrected chi connectivity index (χ0v) is 14.3. The van der Waals surface area contributed by atoms with Gasteiger partial charge in [-0.3, -0.25) is 0 Å². The molecule has 5 heteroatoms. The summed E-state index contributed by atoms with van der Waals surface area (Å²) in [4.78, 5) is 13.1. The maximum atomic E-state index is 13.4. The SMILES string of the molecule is CC[NH+](Cc1cccc(F)c1)Cc1cc(=O)oc2cc(OC)ccc12. The summed E-state index contributed by atoms with van der Waals surface area (Å²) >= 11 is 0. The Bertz CT molecular complexity index is 936. The summed E-state index contributed by atoms with van der Waals surface area (Å²) in [6.07, 6.45) is 0. The van der Waals surface area contributed by atoms with Crippen LogP contribution in [0.15, 0.2) is 57.7 Å². The quantitative estimate of drug-likeness (QED) is 0.700. The number of fused-ring (bicyclic) bond motifs is 1. The first-order valence-electron chi connectivity index (χ1n) is 8.28. The summed E-state index contributed by atoms with van der Waals surface area (Å²) in [6.45, 7) is 4.27. The summed E-state index contributed by atoms with van der Waals surface area (Å²) in [7, 11) is 1.57. The highest BCUT2D eigenvalue weighted by atomic mass is 19.1. The third-order valence-corrected chi connectivity index (χ3v) is 4.32. The summed E-state index contributed by atoms with van der Waals surface area (Å²) in [5, 5.41) is 0.894. The van der Waals surface area contributed by atoms with E-state index in [2.05, 4.69) is 6.92 Å². The molecule has 3 rings (SSSR count). The Morgan fingerprint density at radius 2 is 1.96 bits per heavy atom. The molecule has 0 saturated carbocycles. The van der Waals surface area contributed by atoms with E-state index in [1.54, 1.807) is 25.3 Å². The van der Waals surface area contributed by atoms with Gasteiger partial charge in [0.05, 0.1) is 13.7 Å². The van der Waals surface area contributed by atoms with Gasteiger partial charge >= 0.3 is 5.63 Å². The lowest BCUT2D eigenvalue weighted by Gasteiger charge is -2.18. The van der Waals surface area contributed by atoms with Gasteiger partial charge in [-0.25, -0.2) is 9.18 Å². The van der Waals surface area contributed by atoms with Crippen molar-refractivity contribution in [2.45, 2.75) is 20.0 Å². The highest BCUT2D eigenvalue weighted by molar-refractivity contribution is 5.81. The number of ether oxygens (including phenoxy) is 1. The minimum Gasteiger partial charge on any atom is -0.497 e. The summed E-state index contributed by atoms with van der Waals surface area (Å²) in [6, 6.07) is 13.6. The van der Waals surface area contributed by atoms with Crippen molar-refractivity contribution < 1.29 is 18.4 Å². The molecule has 0 spiro atoms. The van der Waals surface area contributed by atoms with E-state index in [9.17, 15) is 9.18 Å². The highest BCUT2D eigenvalue weighted by Crippen LogP contribution is 2.22. The number of quaternary nitrogens is 1. The van der Waals surface area contributed by atoms with Crippen molar-refractivity contribution in [1.29, 1.82) is 0 Å². The van der Waals surface area contributed by atoms with Crippen molar-refractivity contribution in [3.8, 4) is 5.75 Å². The molecule has 0 radical (unpaired) electrons. The average Bonchev–Trinajstić information content (AvgIpc) is 2.60. The van der Waals surface area contributed by atoms with Crippen molar-refractivity contribution in [2.24, 2.45) is 0 Å². The maximum Gasteiger partial charge on any atom is 0.336 e. The third kappa shape index (κ3) is 4.06. The second-order valence-corrected chi connectivity index (χ2v) is 6.04. The number of methoxy groups -OCH3 is 1. The van der Waals surface area contributed by atoms with E-state index in [0.717, 1.165) is 23.1 Å². The van der Waals surface area contributed by atoms with Crippen LogP contribution in [0.25, 0.3) is 11.0 Å². The molecule has 0 bridgehead atoms. The van der Waals surface area contributed by atoms with Gasteiger partial charge in [0.2, 0.25) is 0 Å². The number of halogens is 1. The summed E-state index contributed by atoms with van der Waals surface area (Å²) in [5.74, 6) is 0.415. The fraction of sp³-hybridized carbons (Fsp3) is 0.250. The Hall–Kier alpha value is -2.66. The summed E-state index contributed by atoms with van der Waals surface area (Å²) in [5.41, 5.74) is 1.99. The topological polar surface area (TPSA) is 43.9 Å². The largest absolute Gasteiger partial charge is 0.497 e. The van der Waals surface area contributed by atoms with Crippen LogP contribution >= 0.6 is 0 Å². The first-order valence-corrected chi connectivity index (χ1v) is 8.28. The summed E-state index contributed by atoms with van der Waals surface area (Å²) < 4.78 is 23.9. The van der Waals surface area contributed by atoms with Crippen molar-refractivity contribution >= 4 is 11.0 Å². The van der Waals surface area contributed by atoms with Gasteiger partial charge < -0.3 is 14.1 Å². The molecule has 0 aliphatic rings. The normalized spacial score (nSPS) is 12.3. The molecule has 0 aliphatic heterocycles. The molecule has 1 heterocycles. The molecule has 130 valence electrons. The van der Waals surface area contributed by atoms with Gasteiger partial charge in [0, 0.05) is 28.6 Å². The lowest BCUT2D eigenvalue weighted by atomic mass is 10.1. The van der Waals surface area contributed by atoms with Crippen LogP contribution in [0.3, 0.4) is 0 Å². The predicted octanol–water partition coefficient (Wildman–Crippen LogP) is 2.55. The molecular formula is C20H21FNO3+. The van der Waals surface area contributed by atoms with Crippen LogP contribution in [0.5, 0.6) is 5.75 Å². The molecule has 2 aromatic carbocycles. The van der Waals surface area contributed by atoms with E-state index in [0.29, 0.717) is 24.4 Å². The lowest BCUT2D eigenvalue weighted by molar-refractivity contribution is -0.925. The Morgan fingerprint density at radius 3 is 2.68 bits per heavy atom. The van der Waals surface area contributed by atoms with Gasteiger partial charge in [-0.2, -0.15) is 0 Å². The van der Waals surface area contributed by atoms with Crippen molar-refractivity contribution in [3.05, 3.63) is 75.9 Å². The van der Waals surface area contributed by atoms with Crippen molar-refractivity contribution in [2.75, 3.05) is 13.7 Å². The molecule has 1 atom stereocenters. The Morgan fingerprint density at radius 1 is 1.12 bits per heavy atom. The minimum absolute atomic E-state index is 0.231. The smallest absolute Gasteiger partial charge is 0.336 e. The minimum atomic E-state index is -0.378. The molecule has 1 unspecified atom stereocenters. The van der Waals surface area contributed by atoms with Gasteiger partial charge in [-0.1, -0.05) is 12.1 Å². The second kappa shape index (κ2) is 7.49. The fourth-order valence-electron chi connectivity index (χ4n) is 3.00. The van der Waals surface area contributed by atoms with Crippen LogP contribution in [-0.4, -0.2) is 13.7 Å². The molecule has 1 aromatic heterocycles. The standard InChI is InChI=1S/C20H20FNO3/c1-3-22(12-14-5-4-6-16(21)9-14)13-15-10-20(23)25-19-11-17(24-2)7-8-18(15)19/h4-11H,3,12-13H2,1-2H3/p+1. The van der Waals surface area contributed by atoms with Gasteiger partial charge in [0.25, 0.3) is 0 Å². The number of hydrogen-bond acceptors (Lipinski definition) is 3. The van der Waals surface area contributed by atoms with E-state index in [-0.39, 0.29) is 11.4 Å². The van der Waals surface area contributed by atoms with E-state index < -0.39 is 0 Å². The van der Waals surface area contributed by atoms with Crippen molar-refractivity contribution in [1.82, 2.24) is 0 Å². The van der Waals surface area contributed by atoms with Crippen LogP contribution in [-0.2, 0) is 13.1 Å². The van der Waals surface area contributed by atoms with Crippen LogP contribution in [0.4, 0.5) is 4.39 Å². The number of benzene rings is 2. The zero-order chi connectivity index (χ0) is 17.8. The van der Waals surface area contributed by atoms with Gasteiger partial charge in [0.1, 0.15) is 30.2 Å². The molecule has 0 amide bonds. The predicted molar refractivity (Wildman–Crippen MR) is 94.3 cm³/mol. The molecule has 0 aliphatic carbocycles. The second-order valence-electron chi connectivity index (χ2n) is 6.04. The van der Waals surface area contributed by atoms with E-state index >= 15 is 0 Å². The van der Waals surface area contributed by atoms with Crippen LogP contribution < -0.4 is 15.3 Å². The van der Waals surface area contributed by atoms with Crippen LogP contribution in [0.1, 0.15) is 18.1 Å². The van der Waals surface area contributed by atoms with E-state index in [1.165, 1.54) is 17.0 Å². The van der Waals surface area contributed by atoms with E-state index in [4.69, 9.17) is 9.15 Å². The zero-order valence-electron chi connectivity index (χ0n) is 14.3. The van der Waals surface area contributed by atoms with Gasteiger partial charge in [0.15, 0.2) is 0 Å². The Balaban J connectivity index is 1.91. The monoisotopic (exact) mass is 342 g/mol. The highest BCUT2D eigenvalue weighted by Gasteiger charge is 2.14. The molecule has 4 nitrogen and oxygen atoms in total. The lowest BCUT2D eigenvalue weighted by Crippen LogP contribution is -3.09. The van der Waals surface area contributed by atoms with Crippen molar-refractivity contribution in [3.63, 3.8) is 0 Å². The van der Waals surface area contributed by atoms with Crippen LogP contribution in [0, 0.1) is 5.82 Å². The first-order chi connectivity index (χ1) is 12.1. The molecule has 0 saturated heterocycles. The van der Waals surface area contributed by atoms with E-state index in [1.807, 2.05) is 18.2 Å². The molecule has 0 fully saturated rings. The first kappa shape index (κ1) is 17.2. The fourth-order valence-corrected chi connectivity index (χ4v) is 3.00. The van der Waals surface area contributed by atoms with Gasteiger partial charge in [-0.15, -0.1) is 0 Å². The maximum absolute atomic E-state index is 13.4. The van der Waals surface area contributed by atoms with Gasteiger partial charge in [-0.05, 0) is 31.2 Å². The number of hydrogen-bond donors (Lipinski definition) is 1. The number of rotatable bonds is 6. The Labute approximate surface area is 145 Å². The molecule has 3 aromatic rings. The van der Waals surface area contributed by atoms with Crippen LogP contribution in [0.2, 0.25) is 0 Å². The average molecular weight is 342 g/mol. The Kier molecular flexibility index (Phi) is 5.14. The molecule has 25 heavy (non-hydrogen) atoms. The molecular weight excluding hydrogens is 321 g/mol. The molecule has 1 N–H and O–H groups in total.